The van der Waals surface area contributed by atoms with E-state index in [4.69, 9.17) is 4.74 Å². The lowest BCUT2D eigenvalue weighted by atomic mass is 9.79. The van der Waals surface area contributed by atoms with Crippen LogP contribution in [0.25, 0.3) is 0 Å². The van der Waals surface area contributed by atoms with E-state index in [0.29, 0.717) is 13.0 Å². The highest BCUT2D eigenvalue weighted by molar-refractivity contribution is 5.77. The number of carbonyl (C=O) groups is 1. The molecule has 1 heterocycles. The van der Waals surface area contributed by atoms with Gasteiger partial charge in [0.2, 0.25) is 5.91 Å². The predicted molar refractivity (Wildman–Crippen MR) is 66.9 cm³/mol. The summed E-state index contributed by atoms with van der Waals surface area (Å²) < 4.78 is 5.02. The van der Waals surface area contributed by atoms with Crippen molar-refractivity contribution in [3.05, 3.63) is 0 Å². The minimum Gasteiger partial charge on any atom is -0.384 e. The van der Waals surface area contributed by atoms with Crippen LogP contribution in [0.4, 0.5) is 0 Å². The van der Waals surface area contributed by atoms with E-state index in [1.807, 2.05) is 0 Å². The molecule has 4 nitrogen and oxygen atoms in total. The van der Waals surface area contributed by atoms with Crippen molar-refractivity contribution in [2.45, 2.75) is 44.1 Å². The third kappa shape index (κ3) is 2.80. The number of rotatable bonds is 3. The highest BCUT2D eigenvalue weighted by Crippen LogP contribution is 2.34. The van der Waals surface area contributed by atoms with Crippen LogP contribution in [0.3, 0.4) is 0 Å². The third-order valence-electron chi connectivity index (χ3n) is 4.14. The van der Waals surface area contributed by atoms with Crippen LogP contribution < -0.4 is 5.32 Å². The maximum absolute atomic E-state index is 12.2. The van der Waals surface area contributed by atoms with Gasteiger partial charge in [-0.1, -0.05) is 19.3 Å². The molecule has 2 fully saturated rings. The van der Waals surface area contributed by atoms with E-state index in [1.54, 1.807) is 7.11 Å². The first-order chi connectivity index (χ1) is 8.28. The molecule has 1 aliphatic carbocycles. The second kappa shape index (κ2) is 5.83. The molecule has 0 atom stereocenters. The molecular weight excluding hydrogens is 216 g/mol. The first-order valence-electron chi connectivity index (χ1n) is 6.79. The molecule has 0 aromatic heterocycles. The van der Waals surface area contributed by atoms with Gasteiger partial charge in [-0.25, -0.2) is 0 Å². The zero-order chi connectivity index (χ0) is 12.1. The van der Waals surface area contributed by atoms with Crippen LogP contribution in [0.15, 0.2) is 0 Å². The quantitative estimate of drug-likeness (QED) is 0.805. The van der Waals surface area contributed by atoms with E-state index in [0.717, 1.165) is 19.6 Å². The summed E-state index contributed by atoms with van der Waals surface area (Å²) in [6.45, 7) is 3.31. The van der Waals surface area contributed by atoms with Gasteiger partial charge >= 0.3 is 0 Å². The molecule has 0 aromatic carbocycles. The molecule has 0 aromatic rings. The van der Waals surface area contributed by atoms with Gasteiger partial charge in [-0.15, -0.1) is 0 Å². The highest BCUT2D eigenvalue weighted by atomic mass is 16.5. The Morgan fingerprint density at radius 1 is 1.35 bits per heavy atom. The summed E-state index contributed by atoms with van der Waals surface area (Å²) >= 11 is 0. The summed E-state index contributed by atoms with van der Waals surface area (Å²) in [6.07, 6.45) is 6.70. The van der Waals surface area contributed by atoms with Gasteiger partial charge in [-0.05, 0) is 12.8 Å². The van der Waals surface area contributed by atoms with E-state index >= 15 is 0 Å². The molecule has 1 saturated heterocycles. The molecule has 1 N–H and O–H groups in total. The molecular formula is C13H24N2O2. The number of nitrogens with one attached hydrogen (secondary N) is 1. The fourth-order valence-corrected chi connectivity index (χ4v) is 3.21. The Kier molecular flexibility index (Phi) is 4.40. The maximum atomic E-state index is 12.2. The Hall–Kier alpha value is -0.610. The lowest BCUT2D eigenvalue weighted by Crippen LogP contribution is -2.63. The third-order valence-corrected chi connectivity index (χ3v) is 4.14. The molecule has 98 valence electrons. The number of piperazine rings is 1. The largest absolute Gasteiger partial charge is 0.384 e. The summed E-state index contributed by atoms with van der Waals surface area (Å²) in [5.74, 6) is 0.273. The van der Waals surface area contributed by atoms with Gasteiger partial charge in [-0.3, -0.25) is 4.79 Å². The van der Waals surface area contributed by atoms with Crippen molar-refractivity contribution >= 4 is 5.91 Å². The molecule has 0 unspecified atom stereocenters. The minimum absolute atomic E-state index is 0.112. The van der Waals surface area contributed by atoms with Crippen molar-refractivity contribution in [1.29, 1.82) is 0 Å². The van der Waals surface area contributed by atoms with E-state index in [1.165, 1.54) is 32.1 Å². The SMILES string of the molecule is COCCC(=O)N1CCNCC12CCCCC2. The van der Waals surface area contributed by atoms with Gasteiger partial charge in [0.1, 0.15) is 0 Å². The summed E-state index contributed by atoms with van der Waals surface area (Å²) in [6, 6.07) is 0. The number of hydrogen-bond donors (Lipinski definition) is 1. The molecule has 2 rings (SSSR count). The van der Waals surface area contributed by atoms with Crippen molar-refractivity contribution < 1.29 is 9.53 Å². The van der Waals surface area contributed by atoms with Gasteiger partial charge < -0.3 is 15.0 Å². The second-order valence-electron chi connectivity index (χ2n) is 5.25. The molecule has 1 saturated carbocycles. The van der Waals surface area contributed by atoms with Crippen molar-refractivity contribution in [2.75, 3.05) is 33.4 Å². The monoisotopic (exact) mass is 240 g/mol. The predicted octanol–water partition coefficient (Wildman–Crippen LogP) is 1.16. The van der Waals surface area contributed by atoms with E-state index in [9.17, 15) is 4.79 Å². The number of methoxy groups -OCH3 is 1. The first kappa shape index (κ1) is 12.8. The summed E-state index contributed by atoms with van der Waals surface area (Å²) in [5, 5.41) is 3.46. The lowest BCUT2D eigenvalue weighted by molar-refractivity contribution is -0.141. The van der Waals surface area contributed by atoms with Gasteiger partial charge in [0, 0.05) is 26.7 Å². The smallest absolute Gasteiger partial charge is 0.225 e. The number of nitrogens with zero attached hydrogens (tertiary/aromatic N) is 1. The Bertz CT molecular complexity index is 254. The average molecular weight is 240 g/mol. The van der Waals surface area contributed by atoms with Gasteiger partial charge in [0.05, 0.1) is 18.6 Å². The lowest BCUT2D eigenvalue weighted by Gasteiger charge is -2.50. The van der Waals surface area contributed by atoms with Crippen LogP contribution in [0.2, 0.25) is 0 Å². The van der Waals surface area contributed by atoms with Crippen LogP contribution in [0.1, 0.15) is 38.5 Å². The fraction of sp³-hybridized carbons (Fsp3) is 0.923. The molecule has 0 bridgehead atoms. The van der Waals surface area contributed by atoms with Crippen LogP contribution in [0.5, 0.6) is 0 Å². The second-order valence-corrected chi connectivity index (χ2v) is 5.25. The number of amides is 1. The number of carbonyl (C=O) groups excluding carboxylic acids is 1. The maximum Gasteiger partial charge on any atom is 0.225 e. The molecule has 2 aliphatic rings. The average Bonchev–Trinajstić information content (AvgIpc) is 2.37. The van der Waals surface area contributed by atoms with Crippen molar-refractivity contribution in [3.8, 4) is 0 Å². The molecule has 17 heavy (non-hydrogen) atoms. The van der Waals surface area contributed by atoms with Crippen LogP contribution in [-0.2, 0) is 9.53 Å². The number of ether oxygens (including phenoxy) is 1. The standard InChI is InChI=1S/C13H24N2O2/c1-17-10-5-12(16)15-9-8-14-11-13(15)6-3-2-4-7-13/h14H,2-11H2,1H3. The van der Waals surface area contributed by atoms with Crippen molar-refractivity contribution in [1.82, 2.24) is 10.2 Å². The Morgan fingerprint density at radius 3 is 2.82 bits per heavy atom. The molecule has 1 amide bonds. The van der Waals surface area contributed by atoms with E-state index < -0.39 is 0 Å². The fourth-order valence-electron chi connectivity index (χ4n) is 3.21. The van der Waals surface area contributed by atoms with Crippen LogP contribution >= 0.6 is 0 Å². The van der Waals surface area contributed by atoms with E-state index in [2.05, 4.69) is 10.2 Å². The molecule has 4 heteroatoms. The van der Waals surface area contributed by atoms with Crippen LogP contribution in [0, 0.1) is 0 Å². The van der Waals surface area contributed by atoms with Crippen molar-refractivity contribution in [3.63, 3.8) is 0 Å². The van der Waals surface area contributed by atoms with Gasteiger partial charge in [0.15, 0.2) is 0 Å². The van der Waals surface area contributed by atoms with Gasteiger partial charge in [0.25, 0.3) is 0 Å². The zero-order valence-electron chi connectivity index (χ0n) is 10.8. The van der Waals surface area contributed by atoms with E-state index in [-0.39, 0.29) is 11.4 Å². The normalized spacial score (nSPS) is 23.9. The molecule has 1 aliphatic heterocycles. The van der Waals surface area contributed by atoms with Gasteiger partial charge in [-0.2, -0.15) is 0 Å². The Labute approximate surface area is 104 Å². The number of hydrogen-bond acceptors (Lipinski definition) is 3. The van der Waals surface area contributed by atoms with Crippen molar-refractivity contribution in [2.24, 2.45) is 0 Å². The summed E-state index contributed by atoms with van der Waals surface area (Å²) in [4.78, 5) is 14.4. The summed E-state index contributed by atoms with van der Waals surface area (Å²) in [7, 11) is 1.65. The molecule has 0 radical (unpaired) electrons. The molecule has 1 spiro atoms. The minimum atomic E-state index is 0.112. The Morgan fingerprint density at radius 2 is 2.12 bits per heavy atom. The topological polar surface area (TPSA) is 41.6 Å². The first-order valence-corrected chi connectivity index (χ1v) is 6.79. The van der Waals surface area contributed by atoms with Crippen LogP contribution in [-0.4, -0.2) is 49.7 Å². The highest BCUT2D eigenvalue weighted by Gasteiger charge is 2.41. The summed E-state index contributed by atoms with van der Waals surface area (Å²) in [5.41, 5.74) is 0.112. The zero-order valence-corrected chi connectivity index (χ0v) is 10.8. The Balaban J connectivity index is 2.03.